The third-order valence-electron chi connectivity index (χ3n) is 4.12. The first kappa shape index (κ1) is 16.3. The van der Waals surface area contributed by atoms with Crippen molar-refractivity contribution in [1.82, 2.24) is 5.32 Å². The zero-order chi connectivity index (χ0) is 14.9. The molecule has 0 saturated carbocycles. The Bertz CT molecular complexity index is 426. The summed E-state index contributed by atoms with van der Waals surface area (Å²) in [6, 6.07) is 11.0. The van der Waals surface area contributed by atoms with Gasteiger partial charge in [-0.1, -0.05) is 48.9 Å². The van der Waals surface area contributed by atoms with E-state index in [1.54, 1.807) is 0 Å². The molecule has 0 heterocycles. The molecule has 2 atom stereocenters. The van der Waals surface area contributed by atoms with E-state index in [0.717, 1.165) is 19.6 Å². The molecule has 2 nitrogen and oxygen atoms in total. The molecule has 2 unspecified atom stereocenters. The average Bonchev–Trinajstić information content (AvgIpc) is 2.56. The molecule has 0 amide bonds. The van der Waals surface area contributed by atoms with Gasteiger partial charge in [-0.15, -0.1) is 0 Å². The highest BCUT2D eigenvalue weighted by Gasteiger charge is 2.27. The minimum Gasteiger partial charge on any atom is -0.372 e. The van der Waals surface area contributed by atoms with Gasteiger partial charge in [-0.05, 0) is 51.1 Å². The molecule has 116 valence electrons. The molecule has 0 bridgehead atoms. The fraction of sp³-hybridized carbons (Fsp3) is 0.579. The van der Waals surface area contributed by atoms with E-state index in [2.05, 4.69) is 55.6 Å². The lowest BCUT2D eigenvalue weighted by Gasteiger charge is -2.32. The standard InChI is InChI=1S/C19H29NO/c1-3-15-20-18(16-11-7-5-8-12-16)19(21-4-2)17-13-9-6-10-14-17/h6,9-11,13-14,18-20H,3-5,7-8,12,15H2,1-2H3. The Hall–Kier alpha value is -1.12. The van der Waals surface area contributed by atoms with Gasteiger partial charge in [0.15, 0.2) is 0 Å². The van der Waals surface area contributed by atoms with E-state index < -0.39 is 0 Å². The Balaban J connectivity index is 2.23. The first-order valence-corrected chi connectivity index (χ1v) is 8.45. The lowest BCUT2D eigenvalue weighted by Crippen LogP contribution is -2.39. The van der Waals surface area contributed by atoms with Crippen LogP contribution in [0.4, 0.5) is 0 Å². The summed E-state index contributed by atoms with van der Waals surface area (Å²) in [5.74, 6) is 0. The molecule has 1 aliphatic carbocycles. The highest BCUT2D eigenvalue weighted by Crippen LogP contribution is 2.30. The van der Waals surface area contributed by atoms with Crippen LogP contribution in [0, 0.1) is 0 Å². The van der Waals surface area contributed by atoms with Crippen molar-refractivity contribution in [1.29, 1.82) is 0 Å². The minimum absolute atomic E-state index is 0.118. The number of hydrogen-bond donors (Lipinski definition) is 1. The second-order valence-electron chi connectivity index (χ2n) is 5.74. The maximum Gasteiger partial charge on any atom is 0.102 e. The van der Waals surface area contributed by atoms with Crippen LogP contribution in [-0.2, 0) is 4.74 Å². The Morgan fingerprint density at radius 3 is 2.57 bits per heavy atom. The monoisotopic (exact) mass is 287 g/mol. The average molecular weight is 287 g/mol. The van der Waals surface area contributed by atoms with Gasteiger partial charge < -0.3 is 10.1 Å². The molecule has 0 fully saturated rings. The molecular weight excluding hydrogens is 258 g/mol. The van der Waals surface area contributed by atoms with E-state index in [0.29, 0.717) is 6.04 Å². The first-order valence-electron chi connectivity index (χ1n) is 8.45. The Kier molecular flexibility index (Phi) is 6.98. The zero-order valence-electron chi connectivity index (χ0n) is 13.5. The number of ether oxygens (including phenoxy) is 1. The summed E-state index contributed by atoms with van der Waals surface area (Å²) in [4.78, 5) is 0. The van der Waals surface area contributed by atoms with Crippen LogP contribution >= 0.6 is 0 Å². The smallest absolute Gasteiger partial charge is 0.102 e. The number of benzene rings is 1. The van der Waals surface area contributed by atoms with Crippen LogP contribution in [0.25, 0.3) is 0 Å². The summed E-state index contributed by atoms with van der Waals surface area (Å²) in [5.41, 5.74) is 2.82. The van der Waals surface area contributed by atoms with Gasteiger partial charge >= 0.3 is 0 Å². The van der Waals surface area contributed by atoms with Gasteiger partial charge in [0.25, 0.3) is 0 Å². The van der Waals surface area contributed by atoms with Crippen molar-refractivity contribution in [3.8, 4) is 0 Å². The highest BCUT2D eigenvalue weighted by atomic mass is 16.5. The summed E-state index contributed by atoms with van der Waals surface area (Å²) in [6.45, 7) is 6.09. The van der Waals surface area contributed by atoms with Crippen LogP contribution in [0.2, 0.25) is 0 Å². The fourth-order valence-corrected chi connectivity index (χ4v) is 3.09. The van der Waals surface area contributed by atoms with Crippen molar-refractivity contribution in [3.63, 3.8) is 0 Å². The van der Waals surface area contributed by atoms with Gasteiger partial charge in [-0.3, -0.25) is 0 Å². The van der Waals surface area contributed by atoms with Gasteiger partial charge in [-0.2, -0.15) is 0 Å². The largest absolute Gasteiger partial charge is 0.372 e. The molecule has 1 aromatic rings. The highest BCUT2D eigenvalue weighted by molar-refractivity contribution is 5.25. The Morgan fingerprint density at radius 2 is 1.95 bits per heavy atom. The lowest BCUT2D eigenvalue weighted by molar-refractivity contribution is 0.0411. The summed E-state index contributed by atoms with van der Waals surface area (Å²) in [6.07, 6.45) is 8.76. The third-order valence-corrected chi connectivity index (χ3v) is 4.12. The number of rotatable bonds is 8. The Labute approximate surface area is 129 Å². The van der Waals surface area contributed by atoms with Gasteiger partial charge in [0.05, 0.1) is 6.04 Å². The van der Waals surface area contributed by atoms with Crippen molar-refractivity contribution in [2.75, 3.05) is 13.2 Å². The maximum absolute atomic E-state index is 6.14. The van der Waals surface area contributed by atoms with Crippen LogP contribution in [0.1, 0.15) is 57.6 Å². The molecule has 1 aromatic carbocycles. The van der Waals surface area contributed by atoms with Gasteiger partial charge in [-0.25, -0.2) is 0 Å². The number of nitrogens with one attached hydrogen (secondary N) is 1. The molecule has 2 rings (SSSR count). The van der Waals surface area contributed by atoms with Gasteiger partial charge in [0.2, 0.25) is 0 Å². The van der Waals surface area contributed by atoms with Gasteiger partial charge in [0, 0.05) is 6.61 Å². The van der Waals surface area contributed by atoms with Crippen LogP contribution in [0.15, 0.2) is 42.0 Å². The molecule has 1 N–H and O–H groups in total. The van der Waals surface area contributed by atoms with Crippen molar-refractivity contribution >= 4 is 0 Å². The van der Waals surface area contributed by atoms with Crippen LogP contribution < -0.4 is 5.32 Å². The second-order valence-corrected chi connectivity index (χ2v) is 5.74. The quantitative estimate of drug-likeness (QED) is 0.704. The predicted octanol–water partition coefficient (Wildman–Crippen LogP) is 4.63. The zero-order valence-corrected chi connectivity index (χ0v) is 13.5. The van der Waals surface area contributed by atoms with E-state index in [4.69, 9.17) is 4.74 Å². The summed E-state index contributed by atoms with van der Waals surface area (Å²) < 4.78 is 6.14. The normalized spacial score (nSPS) is 18.1. The maximum atomic E-state index is 6.14. The van der Waals surface area contributed by atoms with Crippen molar-refractivity contribution < 1.29 is 4.74 Å². The molecular formula is C19H29NO. The third kappa shape index (κ3) is 4.69. The van der Waals surface area contributed by atoms with Crippen LogP contribution in [0.5, 0.6) is 0 Å². The van der Waals surface area contributed by atoms with E-state index in [1.807, 2.05) is 0 Å². The summed E-state index contributed by atoms with van der Waals surface area (Å²) in [7, 11) is 0. The molecule has 0 radical (unpaired) electrons. The first-order chi connectivity index (χ1) is 10.4. The van der Waals surface area contributed by atoms with E-state index in [1.165, 1.54) is 36.8 Å². The summed E-state index contributed by atoms with van der Waals surface area (Å²) in [5, 5.41) is 3.73. The topological polar surface area (TPSA) is 21.3 Å². The van der Waals surface area contributed by atoms with Crippen LogP contribution in [0.3, 0.4) is 0 Å². The minimum atomic E-state index is 0.118. The van der Waals surface area contributed by atoms with Crippen molar-refractivity contribution in [2.45, 2.75) is 58.1 Å². The van der Waals surface area contributed by atoms with Crippen molar-refractivity contribution in [2.24, 2.45) is 0 Å². The summed E-state index contributed by atoms with van der Waals surface area (Å²) >= 11 is 0. The van der Waals surface area contributed by atoms with Gasteiger partial charge in [0.1, 0.15) is 6.10 Å². The Morgan fingerprint density at radius 1 is 1.14 bits per heavy atom. The van der Waals surface area contributed by atoms with E-state index >= 15 is 0 Å². The van der Waals surface area contributed by atoms with E-state index in [9.17, 15) is 0 Å². The molecule has 2 heteroatoms. The molecule has 0 spiro atoms. The predicted molar refractivity (Wildman–Crippen MR) is 89.4 cm³/mol. The molecule has 0 aliphatic heterocycles. The molecule has 0 saturated heterocycles. The van der Waals surface area contributed by atoms with Crippen LogP contribution in [-0.4, -0.2) is 19.2 Å². The second kappa shape index (κ2) is 9.01. The lowest BCUT2D eigenvalue weighted by atomic mass is 9.88. The molecule has 0 aromatic heterocycles. The number of allylic oxidation sites excluding steroid dienone is 1. The van der Waals surface area contributed by atoms with Crippen molar-refractivity contribution in [3.05, 3.63) is 47.5 Å². The SMILES string of the molecule is CCCNC(C1=CCCCC1)C(OCC)c1ccccc1. The fourth-order valence-electron chi connectivity index (χ4n) is 3.09. The molecule has 21 heavy (non-hydrogen) atoms. The molecule has 1 aliphatic rings. The number of hydrogen-bond acceptors (Lipinski definition) is 2. The van der Waals surface area contributed by atoms with E-state index in [-0.39, 0.29) is 6.10 Å².